The third kappa shape index (κ3) is 4.61. The van der Waals surface area contributed by atoms with Crippen molar-refractivity contribution < 1.29 is 14.6 Å². The SMILES string of the molecule is CC(C)(O)COc1ccc2c(c1)N(C(=O)Cc1ccc(Br)cc1)CC2. The fourth-order valence-corrected chi connectivity index (χ4v) is 3.10. The van der Waals surface area contributed by atoms with Crippen LogP contribution in [0.4, 0.5) is 5.69 Å². The van der Waals surface area contributed by atoms with E-state index in [2.05, 4.69) is 15.9 Å². The van der Waals surface area contributed by atoms with Crippen LogP contribution in [0.2, 0.25) is 0 Å². The number of anilines is 1. The molecule has 0 fully saturated rings. The molecule has 1 aliphatic rings. The number of amides is 1. The number of carbonyl (C=O) groups is 1. The molecule has 5 heteroatoms. The summed E-state index contributed by atoms with van der Waals surface area (Å²) < 4.78 is 6.67. The Labute approximate surface area is 156 Å². The van der Waals surface area contributed by atoms with Gasteiger partial charge in [0.25, 0.3) is 0 Å². The molecule has 0 aromatic heterocycles. The van der Waals surface area contributed by atoms with Gasteiger partial charge in [0.1, 0.15) is 12.4 Å². The largest absolute Gasteiger partial charge is 0.491 e. The number of halogens is 1. The fourth-order valence-electron chi connectivity index (χ4n) is 2.84. The smallest absolute Gasteiger partial charge is 0.231 e. The first-order chi connectivity index (χ1) is 11.8. The van der Waals surface area contributed by atoms with Crippen LogP contribution in [0.15, 0.2) is 46.9 Å². The van der Waals surface area contributed by atoms with E-state index in [4.69, 9.17) is 4.74 Å². The molecule has 132 valence electrons. The molecule has 4 nitrogen and oxygen atoms in total. The van der Waals surface area contributed by atoms with E-state index < -0.39 is 5.60 Å². The van der Waals surface area contributed by atoms with Gasteiger partial charge in [0.05, 0.1) is 17.7 Å². The zero-order valence-electron chi connectivity index (χ0n) is 14.5. The van der Waals surface area contributed by atoms with Gasteiger partial charge in [-0.3, -0.25) is 4.79 Å². The molecule has 0 atom stereocenters. The molecule has 0 spiro atoms. The molecule has 1 heterocycles. The number of hydrogen-bond acceptors (Lipinski definition) is 3. The summed E-state index contributed by atoms with van der Waals surface area (Å²) in [6.07, 6.45) is 1.23. The summed E-state index contributed by atoms with van der Waals surface area (Å²) in [5.41, 5.74) is 2.17. The fraction of sp³-hybridized carbons (Fsp3) is 0.350. The Bertz CT molecular complexity index is 766. The average molecular weight is 404 g/mol. The Balaban J connectivity index is 1.73. The molecule has 0 radical (unpaired) electrons. The lowest BCUT2D eigenvalue weighted by atomic mass is 10.1. The Morgan fingerprint density at radius 3 is 2.64 bits per heavy atom. The second kappa shape index (κ2) is 7.18. The summed E-state index contributed by atoms with van der Waals surface area (Å²) in [7, 11) is 0. The van der Waals surface area contributed by atoms with Crippen molar-refractivity contribution in [2.45, 2.75) is 32.3 Å². The van der Waals surface area contributed by atoms with Crippen molar-refractivity contribution in [2.24, 2.45) is 0 Å². The minimum Gasteiger partial charge on any atom is -0.491 e. The molecule has 1 N–H and O–H groups in total. The lowest BCUT2D eigenvalue weighted by Crippen LogP contribution is -2.30. The number of fused-ring (bicyclic) bond motifs is 1. The standard InChI is InChI=1S/C20H22BrNO3/c1-20(2,24)13-25-17-8-5-15-9-10-22(18(15)12-17)19(23)11-14-3-6-16(21)7-4-14/h3-8,12,24H,9-11,13H2,1-2H3. The highest BCUT2D eigenvalue weighted by Gasteiger charge is 2.25. The lowest BCUT2D eigenvalue weighted by Gasteiger charge is -2.20. The third-order valence-corrected chi connectivity index (χ3v) is 4.64. The van der Waals surface area contributed by atoms with Crippen LogP contribution in [-0.4, -0.2) is 29.8 Å². The summed E-state index contributed by atoms with van der Waals surface area (Å²) in [5.74, 6) is 0.755. The molecule has 2 aromatic carbocycles. The number of ether oxygens (including phenoxy) is 1. The number of hydrogen-bond donors (Lipinski definition) is 1. The maximum absolute atomic E-state index is 12.7. The summed E-state index contributed by atoms with van der Waals surface area (Å²) in [5, 5.41) is 9.80. The van der Waals surface area contributed by atoms with Gasteiger partial charge in [-0.15, -0.1) is 0 Å². The molecule has 0 unspecified atom stereocenters. The molecule has 0 aliphatic carbocycles. The maximum Gasteiger partial charge on any atom is 0.231 e. The van der Waals surface area contributed by atoms with E-state index in [1.165, 1.54) is 0 Å². The number of carbonyl (C=O) groups excluding carboxylic acids is 1. The van der Waals surface area contributed by atoms with E-state index in [9.17, 15) is 9.90 Å². The van der Waals surface area contributed by atoms with Crippen molar-refractivity contribution in [3.05, 3.63) is 58.1 Å². The van der Waals surface area contributed by atoms with Crippen molar-refractivity contribution in [3.8, 4) is 5.75 Å². The predicted octanol–water partition coefficient (Wildman–Crippen LogP) is 3.73. The Kier molecular flexibility index (Phi) is 5.16. The van der Waals surface area contributed by atoms with Gasteiger partial charge in [-0.05, 0) is 49.6 Å². The highest BCUT2D eigenvalue weighted by Crippen LogP contribution is 2.32. The number of rotatable bonds is 5. The molecule has 1 amide bonds. The Hall–Kier alpha value is -1.85. The van der Waals surface area contributed by atoms with Crippen LogP contribution in [0, 0.1) is 0 Å². The average Bonchev–Trinajstić information content (AvgIpc) is 2.97. The minimum absolute atomic E-state index is 0.0840. The summed E-state index contributed by atoms with van der Waals surface area (Å²) in [6.45, 7) is 4.31. The van der Waals surface area contributed by atoms with Crippen LogP contribution in [0.5, 0.6) is 5.75 Å². The molecule has 0 saturated heterocycles. The van der Waals surface area contributed by atoms with Crippen LogP contribution in [0.1, 0.15) is 25.0 Å². The van der Waals surface area contributed by atoms with Crippen molar-refractivity contribution in [1.82, 2.24) is 0 Å². The maximum atomic E-state index is 12.7. The summed E-state index contributed by atoms with van der Waals surface area (Å²) in [6, 6.07) is 13.6. The van der Waals surface area contributed by atoms with Gasteiger partial charge in [-0.2, -0.15) is 0 Å². The van der Waals surface area contributed by atoms with Crippen LogP contribution >= 0.6 is 15.9 Å². The van der Waals surface area contributed by atoms with E-state index in [1.807, 2.05) is 47.4 Å². The molecule has 1 aliphatic heterocycles. The highest BCUT2D eigenvalue weighted by atomic mass is 79.9. The molecule has 0 saturated carbocycles. The van der Waals surface area contributed by atoms with Crippen LogP contribution in [0.3, 0.4) is 0 Å². The normalized spacial score (nSPS) is 13.7. The third-order valence-electron chi connectivity index (χ3n) is 4.11. The Morgan fingerprint density at radius 2 is 1.96 bits per heavy atom. The van der Waals surface area contributed by atoms with E-state index >= 15 is 0 Å². The Morgan fingerprint density at radius 1 is 1.24 bits per heavy atom. The van der Waals surface area contributed by atoms with Gasteiger partial charge < -0.3 is 14.7 Å². The van der Waals surface area contributed by atoms with Gasteiger partial charge >= 0.3 is 0 Å². The quantitative estimate of drug-likeness (QED) is 0.826. The highest BCUT2D eigenvalue weighted by molar-refractivity contribution is 9.10. The second-order valence-corrected chi connectivity index (χ2v) is 7.91. The van der Waals surface area contributed by atoms with E-state index in [1.54, 1.807) is 13.8 Å². The molecule has 2 aromatic rings. The zero-order chi connectivity index (χ0) is 18.0. The first kappa shape index (κ1) is 18.0. The van der Waals surface area contributed by atoms with Crippen molar-refractivity contribution >= 4 is 27.5 Å². The molecule has 25 heavy (non-hydrogen) atoms. The molecule has 3 rings (SSSR count). The van der Waals surface area contributed by atoms with Gasteiger partial charge in [0.2, 0.25) is 5.91 Å². The first-order valence-electron chi connectivity index (χ1n) is 8.35. The molecule has 0 bridgehead atoms. The number of aliphatic hydroxyl groups is 1. The van der Waals surface area contributed by atoms with E-state index in [0.717, 1.165) is 27.7 Å². The topological polar surface area (TPSA) is 49.8 Å². The number of nitrogens with zero attached hydrogens (tertiary/aromatic N) is 1. The lowest BCUT2D eigenvalue weighted by molar-refractivity contribution is -0.117. The first-order valence-corrected chi connectivity index (χ1v) is 9.14. The van der Waals surface area contributed by atoms with Crippen molar-refractivity contribution in [1.29, 1.82) is 0 Å². The second-order valence-electron chi connectivity index (χ2n) is 6.99. The van der Waals surface area contributed by atoms with Gasteiger partial charge in [-0.1, -0.05) is 34.1 Å². The number of benzene rings is 2. The van der Waals surface area contributed by atoms with Crippen LogP contribution < -0.4 is 9.64 Å². The van der Waals surface area contributed by atoms with Crippen LogP contribution in [-0.2, 0) is 17.6 Å². The minimum atomic E-state index is -0.893. The molecular formula is C20H22BrNO3. The monoisotopic (exact) mass is 403 g/mol. The van der Waals surface area contributed by atoms with Gasteiger partial charge in [0, 0.05) is 17.1 Å². The predicted molar refractivity (Wildman–Crippen MR) is 102 cm³/mol. The summed E-state index contributed by atoms with van der Waals surface area (Å²) in [4.78, 5) is 14.6. The molecular weight excluding hydrogens is 382 g/mol. The van der Waals surface area contributed by atoms with Crippen LogP contribution in [0.25, 0.3) is 0 Å². The van der Waals surface area contributed by atoms with Crippen molar-refractivity contribution in [3.63, 3.8) is 0 Å². The summed E-state index contributed by atoms with van der Waals surface area (Å²) >= 11 is 3.41. The van der Waals surface area contributed by atoms with Crippen molar-refractivity contribution in [2.75, 3.05) is 18.1 Å². The van der Waals surface area contributed by atoms with Gasteiger partial charge in [0.15, 0.2) is 0 Å². The van der Waals surface area contributed by atoms with E-state index in [0.29, 0.717) is 18.7 Å². The van der Waals surface area contributed by atoms with E-state index in [-0.39, 0.29) is 12.5 Å². The van der Waals surface area contributed by atoms with Gasteiger partial charge in [-0.25, -0.2) is 0 Å². The zero-order valence-corrected chi connectivity index (χ0v) is 16.0.